The third kappa shape index (κ3) is 4.20. The minimum absolute atomic E-state index is 0.0449. The number of nitrogens with zero attached hydrogens (tertiary/aromatic N) is 2. The maximum Gasteiger partial charge on any atom is 0.441 e. The SMILES string of the molecule is Nc1cccc(-c2cnn(CCSC(F)(F)F)c2)c1. The number of nitrogens with two attached hydrogens (primary N) is 1. The van der Waals surface area contributed by atoms with E-state index in [9.17, 15) is 13.2 Å². The van der Waals surface area contributed by atoms with Crippen LogP contribution in [-0.4, -0.2) is 21.0 Å². The van der Waals surface area contributed by atoms with Crippen LogP contribution in [0.5, 0.6) is 0 Å². The maximum absolute atomic E-state index is 12.0. The van der Waals surface area contributed by atoms with Gasteiger partial charge in [-0.1, -0.05) is 12.1 Å². The summed E-state index contributed by atoms with van der Waals surface area (Å²) in [5.74, 6) is -0.0540. The Labute approximate surface area is 112 Å². The van der Waals surface area contributed by atoms with Gasteiger partial charge in [-0.3, -0.25) is 4.68 Å². The lowest BCUT2D eigenvalue weighted by atomic mass is 10.1. The Balaban J connectivity index is 1.99. The molecule has 0 radical (unpaired) electrons. The van der Waals surface area contributed by atoms with Crippen molar-refractivity contribution in [3.05, 3.63) is 36.7 Å². The molecule has 19 heavy (non-hydrogen) atoms. The van der Waals surface area contributed by atoms with Gasteiger partial charge in [-0.2, -0.15) is 18.3 Å². The molecule has 102 valence electrons. The van der Waals surface area contributed by atoms with Gasteiger partial charge in [0.05, 0.1) is 12.7 Å². The smallest absolute Gasteiger partial charge is 0.399 e. The summed E-state index contributed by atoms with van der Waals surface area (Å²) in [6, 6.07) is 7.27. The van der Waals surface area contributed by atoms with E-state index in [1.54, 1.807) is 24.5 Å². The number of anilines is 1. The molecule has 0 fully saturated rings. The van der Waals surface area contributed by atoms with E-state index in [0.717, 1.165) is 11.1 Å². The molecule has 0 unspecified atom stereocenters. The molecular weight excluding hydrogens is 275 g/mol. The standard InChI is InChI=1S/C12H12F3N3S/c13-12(14,15)19-5-4-18-8-10(7-17-18)9-2-1-3-11(16)6-9/h1-3,6-8H,4-5,16H2. The highest BCUT2D eigenvalue weighted by molar-refractivity contribution is 8.00. The Kier molecular flexibility index (Phi) is 4.04. The van der Waals surface area contributed by atoms with Crippen molar-refractivity contribution in [1.29, 1.82) is 0 Å². The first-order chi connectivity index (χ1) is 8.94. The molecule has 1 heterocycles. The largest absolute Gasteiger partial charge is 0.441 e. The summed E-state index contributed by atoms with van der Waals surface area (Å²) in [5.41, 5.74) is 3.86. The van der Waals surface area contributed by atoms with Crippen molar-refractivity contribution in [2.45, 2.75) is 12.1 Å². The van der Waals surface area contributed by atoms with Gasteiger partial charge in [0.1, 0.15) is 0 Å². The first kappa shape index (κ1) is 13.8. The number of hydrogen-bond donors (Lipinski definition) is 1. The van der Waals surface area contributed by atoms with Crippen molar-refractivity contribution in [3.8, 4) is 11.1 Å². The fraction of sp³-hybridized carbons (Fsp3) is 0.250. The van der Waals surface area contributed by atoms with Crippen molar-refractivity contribution in [2.75, 3.05) is 11.5 Å². The van der Waals surface area contributed by atoms with Crippen LogP contribution in [0.1, 0.15) is 0 Å². The molecule has 0 saturated carbocycles. The van der Waals surface area contributed by atoms with Gasteiger partial charge in [-0.15, -0.1) is 0 Å². The summed E-state index contributed by atoms with van der Waals surface area (Å²) in [7, 11) is 0. The van der Waals surface area contributed by atoms with E-state index in [4.69, 9.17) is 5.73 Å². The second-order valence-electron chi connectivity index (χ2n) is 3.91. The van der Waals surface area contributed by atoms with Crippen molar-refractivity contribution in [3.63, 3.8) is 0 Å². The first-order valence-electron chi connectivity index (χ1n) is 5.53. The highest BCUT2D eigenvalue weighted by atomic mass is 32.2. The number of nitrogen functional groups attached to an aromatic ring is 1. The third-order valence-corrected chi connectivity index (χ3v) is 3.15. The van der Waals surface area contributed by atoms with E-state index in [0.29, 0.717) is 5.69 Å². The number of rotatable bonds is 4. The molecular formula is C12H12F3N3S. The summed E-state index contributed by atoms with van der Waals surface area (Å²) in [4.78, 5) is 0. The molecule has 0 saturated heterocycles. The Morgan fingerprint density at radius 3 is 2.74 bits per heavy atom. The van der Waals surface area contributed by atoms with Gasteiger partial charge >= 0.3 is 5.51 Å². The summed E-state index contributed by atoms with van der Waals surface area (Å²) >= 11 is -0.0449. The highest BCUT2D eigenvalue weighted by Crippen LogP contribution is 2.30. The van der Waals surface area contributed by atoms with Crippen LogP contribution in [0.2, 0.25) is 0 Å². The normalized spacial score (nSPS) is 11.7. The summed E-state index contributed by atoms with van der Waals surface area (Å²) in [6.07, 6.45) is 3.33. The predicted molar refractivity (Wildman–Crippen MR) is 70.6 cm³/mol. The average molecular weight is 287 g/mol. The second kappa shape index (κ2) is 5.56. The predicted octanol–water partition coefficient (Wildman–Crippen LogP) is 3.39. The Bertz CT molecular complexity index is 551. The lowest BCUT2D eigenvalue weighted by molar-refractivity contribution is -0.0328. The van der Waals surface area contributed by atoms with Crippen molar-refractivity contribution >= 4 is 17.4 Å². The van der Waals surface area contributed by atoms with Crippen LogP contribution in [0.4, 0.5) is 18.9 Å². The minimum atomic E-state index is -4.19. The van der Waals surface area contributed by atoms with Gasteiger partial charge in [0, 0.05) is 23.2 Å². The monoisotopic (exact) mass is 287 g/mol. The highest BCUT2D eigenvalue weighted by Gasteiger charge is 2.27. The van der Waals surface area contributed by atoms with E-state index >= 15 is 0 Å². The lowest BCUT2D eigenvalue weighted by Gasteiger charge is -2.05. The molecule has 1 aromatic carbocycles. The van der Waals surface area contributed by atoms with Gasteiger partial charge in [0.15, 0.2) is 0 Å². The molecule has 0 bridgehead atoms. The molecule has 0 atom stereocenters. The topological polar surface area (TPSA) is 43.8 Å². The van der Waals surface area contributed by atoms with Crippen LogP contribution in [-0.2, 0) is 6.54 Å². The van der Waals surface area contributed by atoms with E-state index in [1.165, 1.54) is 4.68 Å². The Hall–Kier alpha value is -1.63. The van der Waals surface area contributed by atoms with Crippen LogP contribution >= 0.6 is 11.8 Å². The maximum atomic E-state index is 12.0. The first-order valence-corrected chi connectivity index (χ1v) is 6.52. The number of benzene rings is 1. The van der Waals surface area contributed by atoms with Gasteiger partial charge in [0.25, 0.3) is 0 Å². The van der Waals surface area contributed by atoms with E-state index in [2.05, 4.69) is 5.10 Å². The van der Waals surface area contributed by atoms with E-state index < -0.39 is 5.51 Å². The van der Waals surface area contributed by atoms with E-state index in [1.807, 2.05) is 12.1 Å². The van der Waals surface area contributed by atoms with Gasteiger partial charge in [-0.25, -0.2) is 0 Å². The fourth-order valence-corrected chi connectivity index (χ4v) is 2.12. The van der Waals surface area contributed by atoms with Gasteiger partial charge < -0.3 is 5.73 Å². The van der Waals surface area contributed by atoms with E-state index in [-0.39, 0.29) is 24.1 Å². The van der Waals surface area contributed by atoms with Crippen molar-refractivity contribution in [2.24, 2.45) is 0 Å². The van der Waals surface area contributed by atoms with Gasteiger partial charge in [0.2, 0.25) is 0 Å². The zero-order valence-corrected chi connectivity index (χ0v) is 10.7. The molecule has 3 nitrogen and oxygen atoms in total. The molecule has 0 aliphatic rings. The summed E-state index contributed by atoms with van der Waals surface area (Å²) < 4.78 is 37.5. The molecule has 0 amide bonds. The fourth-order valence-electron chi connectivity index (χ4n) is 1.61. The number of hydrogen-bond acceptors (Lipinski definition) is 3. The lowest BCUT2D eigenvalue weighted by Crippen LogP contribution is -2.07. The number of thioether (sulfide) groups is 1. The third-order valence-electron chi connectivity index (χ3n) is 2.44. The van der Waals surface area contributed by atoms with Gasteiger partial charge in [-0.05, 0) is 29.5 Å². The van der Waals surface area contributed by atoms with Crippen molar-refractivity contribution in [1.82, 2.24) is 9.78 Å². The summed E-state index contributed by atoms with van der Waals surface area (Å²) in [5, 5.41) is 4.04. The zero-order chi connectivity index (χ0) is 13.9. The number of aryl methyl sites for hydroxylation is 1. The molecule has 7 heteroatoms. The quantitative estimate of drug-likeness (QED) is 0.877. The molecule has 0 aliphatic carbocycles. The minimum Gasteiger partial charge on any atom is -0.399 e. The zero-order valence-electron chi connectivity index (χ0n) is 9.89. The number of halogens is 3. The summed E-state index contributed by atoms with van der Waals surface area (Å²) in [6.45, 7) is 0.215. The van der Waals surface area contributed by atoms with Crippen molar-refractivity contribution < 1.29 is 13.2 Å². The molecule has 0 spiro atoms. The van der Waals surface area contributed by atoms with Crippen LogP contribution in [0.3, 0.4) is 0 Å². The molecule has 2 N–H and O–H groups in total. The Morgan fingerprint density at radius 1 is 1.26 bits per heavy atom. The molecule has 1 aromatic heterocycles. The Morgan fingerprint density at radius 2 is 2.05 bits per heavy atom. The van der Waals surface area contributed by atoms with Crippen LogP contribution in [0, 0.1) is 0 Å². The average Bonchev–Trinajstić information content (AvgIpc) is 2.76. The molecule has 0 aliphatic heterocycles. The van der Waals surface area contributed by atoms with Crippen LogP contribution < -0.4 is 5.73 Å². The second-order valence-corrected chi connectivity index (χ2v) is 5.07. The van der Waals surface area contributed by atoms with Crippen LogP contribution in [0.15, 0.2) is 36.7 Å². The molecule has 2 rings (SSSR count). The number of aromatic nitrogens is 2. The number of alkyl halides is 3. The molecule has 2 aromatic rings. The van der Waals surface area contributed by atoms with Crippen LogP contribution in [0.25, 0.3) is 11.1 Å².